The number of nitrogens with zero attached hydrogens (tertiary/aromatic N) is 1. The highest BCUT2D eigenvalue weighted by molar-refractivity contribution is 6.06. The van der Waals surface area contributed by atoms with Crippen molar-refractivity contribution in [1.29, 1.82) is 0 Å². The van der Waals surface area contributed by atoms with Gasteiger partial charge in [0.05, 0.1) is 22.3 Å². The molecule has 0 aliphatic carbocycles. The Hall–Kier alpha value is -3.80. The smallest absolute Gasteiger partial charge is 0.275 e. The highest BCUT2D eigenvalue weighted by atomic mass is 19.1. The molecule has 1 heterocycles. The molecule has 0 atom stereocenters. The van der Waals surface area contributed by atoms with Crippen LogP contribution in [0.5, 0.6) is 0 Å². The van der Waals surface area contributed by atoms with Gasteiger partial charge in [-0.05, 0) is 42.8 Å². The Bertz CT molecular complexity index is 1260. The normalized spacial score (nSPS) is 10.8. The number of H-pyrrole nitrogens is 1. The summed E-state index contributed by atoms with van der Waals surface area (Å²) in [7, 11) is 0. The van der Waals surface area contributed by atoms with Gasteiger partial charge in [0.25, 0.3) is 11.5 Å². The zero-order valence-electron chi connectivity index (χ0n) is 15.0. The summed E-state index contributed by atoms with van der Waals surface area (Å²) in [4.78, 5) is 32.4. The minimum absolute atomic E-state index is 0.0738. The number of aromatic amines is 1. The molecular formula is C22H16FN3O2. The average molecular weight is 373 g/mol. The second kappa shape index (κ2) is 7.08. The molecule has 0 saturated heterocycles. The molecule has 0 radical (unpaired) electrons. The van der Waals surface area contributed by atoms with E-state index in [1.165, 1.54) is 18.2 Å². The predicted octanol–water partition coefficient (Wildman–Crippen LogP) is 4.29. The van der Waals surface area contributed by atoms with E-state index in [4.69, 9.17) is 0 Å². The van der Waals surface area contributed by atoms with Crippen LogP contribution in [0.4, 0.5) is 10.1 Å². The summed E-state index contributed by atoms with van der Waals surface area (Å²) in [6.45, 7) is 1.86. The molecule has 138 valence electrons. The van der Waals surface area contributed by atoms with E-state index in [1.807, 2.05) is 25.1 Å². The van der Waals surface area contributed by atoms with Gasteiger partial charge in [0.15, 0.2) is 0 Å². The van der Waals surface area contributed by atoms with Gasteiger partial charge in [-0.3, -0.25) is 9.59 Å². The van der Waals surface area contributed by atoms with Crippen LogP contribution in [0.2, 0.25) is 0 Å². The number of fused-ring (bicyclic) bond motifs is 1. The first kappa shape index (κ1) is 17.6. The zero-order chi connectivity index (χ0) is 19.7. The van der Waals surface area contributed by atoms with Gasteiger partial charge in [0.1, 0.15) is 11.5 Å². The fourth-order valence-electron chi connectivity index (χ4n) is 3.02. The molecule has 2 N–H and O–H groups in total. The average Bonchev–Trinajstić information content (AvgIpc) is 2.68. The summed E-state index contributed by atoms with van der Waals surface area (Å²) < 4.78 is 14.0. The van der Waals surface area contributed by atoms with Gasteiger partial charge in [-0.1, -0.05) is 36.4 Å². The number of anilines is 1. The summed E-state index contributed by atoms with van der Waals surface area (Å²) in [6.07, 6.45) is 0. The first-order valence-electron chi connectivity index (χ1n) is 8.69. The first-order valence-corrected chi connectivity index (χ1v) is 8.69. The maximum absolute atomic E-state index is 14.0. The Morgan fingerprint density at radius 1 is 1.04 bits per heavy atom. The van der Waals surface area contributed by atoms with E-state index >= 15 is 0 Å². The van der Waals surface area contributed by atoms with Gasteiger partial charge in [0, 0.05) is 5.56 Å². The first-order chi connectivity index (χ1) is 13.5. The topological polar surface area (TPSA) is 74.8 Å². The molecule has 1 aromatic heterocycles. The number of hydrogen-bond acceptors (Lipinski definition) is 3. The van der Waals surface area contributed by atoms with Gasteiger partial charge in [-0.15, -0.1) is 0 Å². The lowest BCUT2D eigenvalue weighted by Crippen LogP contribution is -2.17. The molecule has 5 nitrogen and oxygen atoms in total. The van der Waals surface area contributed by atoms with Crippen LogP contribution in [-0.2, 0) is 0 Å². The molecule has 4 aromatic rings. The highest BCUT2D eigenvalue weighted by Crippen LogP contribution is 2.27. The van der Waals surface area contributed by atoms with Crippen LogP contribution in [0, 0.1) is 12.7 Å². The second-order valence-electron chi connectivity index (χ2n) is 6.41. The number of carbonyl (C=O) groups excluding carboxylic acids is 1. The Morgan fingerprint density at radius 2 is 1.79 bits per heavy atom. The third-order valence-corrected chi connectivity index (χ3v) is 4.40. The maximum Gasteiger partial charge on any atom is 0.275 e. The molecule has 1 amide bonds. The molecule has 0 saturated carbocycles. The third kappa shape index (κ3) is 3.27. The summed E-state index contributed by atoms with van der Waals surface area (Å²) in [5, 5.41) is 2.71. The SMILES string of the molecule is Cc1ccc(-c2nc3ccccc3[nH]c2=O)c(NC(=O)c2ccccc2F)c1. The molecule has 3 aromatic carbocycles. The van der Waals surface area contributed by atoms with Gasteiger partial charge in [0.2, 0.25) is 0 Å². The molecule has 28 heavy (non-hydrogen) atoms. The number of nitrogens with one attached hydrogen (secondary N) is 2. The van der Waals surface area contributed by atoms with Crippen LogP contribution < -0.4 is 10.9 Å². The standard InChI is InChI=1S/C22H16FN3O2/c1-13-10-11-15(20-22(28)25-18-9-5-4-8-17(18)24-20)19(12-13)26-21(27)14-6-2-3-7-16(14)23/h2-12H,1H3,(H,25,28)(H,26,27). The Morgan fingerprint density at radius 3 is 2.61 bits per heavy atom. The summed E-state index contributed by atoms with van der Waals surface area (Å²) >= 11 is 0. The van der Waals surface area contributed by atoms with Crippen LogP contribution in [0.3, 0.4) is 0 Å². The number of halogens is 1. The van der Waals surface area contributed by atoms with Crippen molar-refractivity contribution < 1.29 is 9.18 Å². The lowest BCUT2D eigenvalue weighted by molar-refractivity contribution is 0.102. The van der Waals surface area contributed by atoms with E-state index in [-0.39, 0.29) is 16.8 Å². The fourth-order valence-corrected chi connectivity index (χ4v) is 3.02. The van der Waals surface area contributed by atoms with E-state index in [1.54, 1.807) is 30.3 Å². The number of amides is 1. The van der Waals surface area contributed by atoms with E-state index in [9.17, 15) is 14.0 Å². The monoisotopic (exact) mass is 373 g/mol. The van der Waals surface area contributed by atoms with Crippen molar-refractivity contribution in [1.82, 2.24) is 9.97 Å². The van der Waals surface area contributed by atoms with E-state index in [2.05, 4.69) is 15.3 Å². The van der Waals surface area contributed by atoms with Crippen LogP contribution in [0.25, 0.3) is 22.3 Å². The van der Waals surface area contributed by atoms with Crippen molar-refractivity contribution in [3.8, 4) is 11.3 Å². The minimum atomic E-state index is -0.615. The van der Waals surface area contributed by atoms with Crippen LogP contribution in [-0.4, -0.2) is 15.9 Å². The Labute approximate surface area is 159 Å². The van der Waals surface area contributed by atoms with Crippen molar-refractivity contribution in [2.75, 3.05) is 5.32 Å². The number of rotatable bonds is 3. The Balaban J connectivity index is 1.82. The molecule has 0 bridgehead atoms. The summed E-state index contributed by atoms with van der Waals surface area (Å²) in [5.41, 5.74) is 2.72. The molecule has 0 fully saturated rings. The molecule has 0 spiro atoms. The number of hydrogen-bond donors (Lipinski definition) is 2. The number of aromatic nitrogens is 2. The summed E-state index contributed by atoms with van der Waals surface area (Å²) in [5.74, 6) is -1.21. The van der Waals surface area contributed by atoms with Crippen LogP contribution in [0.15, 0.2) is 71.5 Å². The van der Waals surface area contributed by atoms with Crippen LogP contribution >= 0.6 is 0 Å². The predicted molar refractivity (Wildman–Crippen MR) is 107 cm³/mol. The van der Waals surface area contributed by atoms with Gasteiger partial charge >= 0.3 is 0 Å². The molecular weight excluding hydrogens is 357 g/mol. The lowest BCUT2D eigenvalue weighted by atomic mass is 10.1. The second-order valence-corrected chi connectivity index (χ2v) is 6.41. The van der Waals surface area contributed by atoms with Crippen molar-refractivity contribution >= 4 is 22.6 Å². The van der Waals surface area contributed by atoms with Gasteiger partial charge in [-0.2, -0.15) is 0 Å². The maximum atomic E-state index is 14.0. The number of carbonyl (C=O) groups is 1. The lowest BCUT2D eigenvalue weighted by Gasteiger charge is -2.12. The van der Waals surface area contributed by atoms with Crippen molar-refractivity contribution in [2.24, 2.45) is 0 Å². The number of benzene rings is 3. The largest absolute Gasteiger partial charge is 0.321 e. The molecule has 0 aliphatic rings. The van der Waals surface area contributed by atoms with Crippen LogP contribution in [0.1, 0.15) is 15.9 Å². The van der Waals surface area contributed by atoms with Crippen molar-refractivity contribution in [2.45, 2.75) is 6.92 Å². The number of aryl methyl sites for hydroxylation is 1. The summed E-state index contributed by atoms with van der Waals surface area (Å²) in [6, 6.07) is 18.2. The molecule has 0 unspecified atom stereocenters. The van der Waals surface area contributed by atoms with Crippen molar-refractivity contribution in [3.05, 3.63) is 94.0 Å². The molecule has 4 rings (SSSR count). The zero-order valence-corrected chi connectivity index (χ0v) is 15.0. The molecule has 0 aliphatic heterocycles. The Kier molecular flexibility index (Phi) is 4.45. The molecule has 6 heteroatoms. The van der Waals surface area contributed by atoms with E-state index < -0.39 is 11.7 Å². The minimum Gasteiger partial charge on any atom is -0.321 e. The van der Waals surface area contributed by atoms with Gasteiger partial charge < -0.3 is 10.3 Å². The van der Waals surface area contributed by atoms with E-state index in [0.717, 1.165) is 5.56 Å². The highest BCUT2D eigenvalue weighted by Gasteiger charge is 2.16. The third-order valence-electron chi connectivity index (χ3n) is 4.40. The van der Waals surface area contributed by atoms with Crippen molar-refractivity contribution in [3.63, 3.8) is 0 Å². The fraction of sp³-hybridized carbons (Fsp3) is 0.0455. The number of para-hydroxylation sites is 2. The van der Waals surface area contributed by atoms with Gasteiger partial charge in [-0.25, -0.2) is 9.37 Å². The quantitative estimate of drug-likeness (QED) is 0.563. The van der Waals surface area contributed by atoms with E-state index in [0.29, 0.717) is 22.3 Å².